The summed E-state index contributed by atoms with van der Waals surface area (Å²) in [5, 5.41) is 1.77. The maximum atomic E-state index is 12.7. The van der Waals surface area contributed by atoms with Gasteiger partial charge in [0.05, 0.1) is 0 Å². The Morgan fingerprint density at radius 2 is 1.95 bits per heavy atom. The van der Waals surface area contributed by atoms with Crippen molar-refractivity contribution in [2.45, 2.75) is 12.1 Å². The maximum Gasteiger partial charge on any atom is 0.471 e. The van der Waals surface area contributed by atoms with Crippen molar-refractivity contribution in [3.63, 3.8) is 0 Å². The van der Waals surface area contributed by atoms with Gasteiger partial charge in [0.25, 0.3) is 0 Å². The molecular weight excluding hydrogens is 303 g/mol. The van der Waals surface area contributed by atoms with Crippen molar-refractivity contribution in [1.82, 2.24) is 0 Å². The Morgan fingerprint density at radius 3 is 2.62 bits per heavy atom. The molecule has 2 nitrogen and oxygen atoms in total. The lowest BCUT2D eigenvalue weighted by molar-refractivity contribution is -0.170. The van der Waals surface area contributed by atoms with Crippen LogP contribution in [0.3, 0.4) is 0 Å². The molecule has 110 valence electrons. The van der Waals surface area contributed by atoms with Crippen molar-refractivity contribution in [3.05, 3.63) is 42.0 Å². The zero-order valence-electron chi connectivity index (χ0n) is 10.8. The average Bonchev–Trinajstić information content (AvgIpc) is 2.84. The van der Waals surface area contributed by atoms with Crippen molar-refractivity contribution in [1.29, 1.82) is 0 Å². The van der Waals surface area contributed by atoms with Crippen LogP contribution in [0.15, 0.2) is 36.4 Å². The molecule has 0 radical (unpaired) electrons. The number of carbonyl (C=O) groups is 1. The van der Waals surface area contributed by atoms with E-state index < -0.39 is 12.1 Å². The van der Waals surface area contributed by atoms with Crippen molar-refractivity contribution in [3.8, 4) is 0 Å². The van der Waals surface area contributed by atoms with Gasteiger partial charge in [-0.2, -0.15) is 13.2 Å². The summed E-state index contributed by atoms with van der Waals surface area (Å²) in [7, 11) is 0. The summed E-state index contributed by atoms with van der Waals surface area (Å²) in [5.74, 6) is -1.96. The van der Waals surface area contributed by atoms with Crippen molar-refractivity contribution >= 4 is 34.0 Å². The minimum atomic E-state index is -4.88. The first-order chi connectivity index (χ1) is 9.93. The Bertz CT molecular complexity index is 714. The van der Waals surface area contributed by atoms with E-state index in [4.69, 9.17) is 11.6 Å². The van der Waals surface area contributed by atoms with Gasteiger partial charge in [0.1, 0.15) is 0 Å². The number of carbonyl (C=O) groups excluding carboxylic acids is 1. The van der Waals surface area contributed by atoms with E-state index in [2.05, 4.69) is 0 Å². The van der Waals surface area contributed by atoms with E-state index in [1.54, 1.807) is 12.1 Å². The van der Waals surface area contributed by atoms with Crippen LogP contribution in [0.1, 0.15) is 11.5 Å². The molecule has 0 saturated heterocycles. The van der Waals surface area contributed by atoms with Crippen LogP contribution in [0.4, 0.5) is 18.9 Å². The third-order valence-electron chi connectivity index (χ3n) is 3.72. The number of halogens is 4. The number of rotatable bonds is 1. The highest BCUT2D eigenvalue weighted by atomic mass is 35.5. The van der Waals surface area contributed by atoms with Gasteiger partial charge in [-0.05, 0) is 22.4 Å². The summed E-state index contributed by atoms with van der Waals surface area (Å²) in [6.07, 6.45) is -4.88. The molecule has 2 aromatic carbocycles. The quantitative estimate of drug-likeness (QED) is 0.727. The minimum absolute atomic E-state index is 0.0365. The highest BCUT2D eigenvalue weighted by Crippen LogP contribution is 2.43. The molecule has 1 aliphatic heterocycles. The van der Waals surface area contributed by atoms with Gasteiger partial charge in [0, 0.05) is 24.0 Å². The van der Waals surface area contributed by atoms with E-state index in [-0.39, 0.29) is 18.3 Å². The van der Waals surface area contributed by atoms with Gasteiger partial charge < -0.3 is 4.90 Å². The van der Waals surface area contributed by atoms with Gasteiger partial charge >= 0.3 is 12.1 Å². The highest BCUT2D eigenvalue weighted by Gasteiger charge is 2.46. The van der Waals surface area contributed by atoms with E-state index in [0.29, 0.717) is 5.69 Å². The summed E-state index contributed by atoms with van der Waals surface area (Å²) < 4.78 is 38.1. The number of benzene rings is 2. The Labute approximate surface area is 124 Å². The summed E-state index contributed by atoms with van der Waals surface area (Å²) >= 11 is 5.90. The van der Waals surface area contributed by atoms with Gasteiger partial charge in [-0.25, -0.2) is 0 Å². The molecule has 1 heterocycles. The van der Waals surface area contributed by atoms with E-state index in [0.717, 1.165) is 21.2 Å². The number of hydrogen-bond acceptors (Lipinski definition) is 1. The maximum absolute atomic E-state index is 12.7. The predicted octanol–water partition coefficient (Wildman–Crippen LogP) is 4.07. The first-order valence-corrected chi connectivity index (χ1v) is 6.93. The van der Waals surface area contributed by atoms with Gasteiger partial charge in [-0.1, -0.05) is 30.3 Å². The van der Waals surface area contributed by atoms with Crippen LogP contribution in [0, 0.1) is 0 Å². The number of alkyl halides is 4. The molecule has 0 aliphatic carbocycles. The minimum Gasteiger partial charge on any atom is -0.304 e. The largest absolute Gasteiger partial charge is 0.471 e. The monoisotopic (exact) mass is 313 g/mol. The molecule has 21 heavy (non-hydrogen) atoms. The third-order valence-corrected chi connectivity index (χ3v) is 4.10. The first kappa shape index (κ1) is 14.2. The molecule has 1 unspecified atom stereocenters. The summed E-state index contributed by atoms with van der Waals surface area (Å²) in [5.41, 5.74) is 1.03. The van der Waals surface area contributed by atoms with Crippen molar-refractivity contribution < 1.29 is 18.0 Å². The van der Waals surface area contributed by atoms with E-state index >= 15 is 0 Å². The molecule has 1 atom stereocenters. The standard InChI is InChI=1S/C15H11ClF3NO/c16-7-10-8-20(14(21)15(17,18)19)12-6-5-9-3-1-2-4-11(9)13(10)12/h1-6,10H,7-8H2. The lowest BCUT2D eigenvalue weighted by Gasteiger charge is -2.19. The van der Waals surface area contributed by atoms with Crippen LogP contribution in [-0.2, 0) is 4.79 Å². The molecule has 0 N–H and O–H groups in total. The summed E-state index contributed by atoms with van der Waals surface area (Å²) in [6, 6.07) is 10.7. The second kappa shape index (κ2) is 4.91. The lowest BCUT2D eigenvalue weighted by Crippen LogP contribution is -2.40. The number of amides is 1. The molecule has 3 rings (SSSR count). The number of anilines is 1. The second-order valence-corrected chi connectivity index (χ2v) is 5.29. The fourth-order valence-electron chi connectivity index (χ4n) is 2.83. The molecule has 0 saturated carbocycles. The van der Waals surface area contributed by atoms with Crippen LogP contribution in [-0.4, -0.2) is 24.5 Å². The van der Waals surface area contributed by atoms with Crippen molar-refractivity contribution in [2.75, 3.05) is 17.3 Å². The second-order valence-electron chi connectivity index (χ2n) is 4.98. The molecule has 0 spiro atoms. The van der Waals surface area contributed by atoms with Gasteiger partial charge in [-0.3, -0.25) is 4.79 Å². The highest BCUT2D eigenvalue weighted by molar-refractivity contribution is 6.19. The topological polar surface area (TPSA) is 20.3 Å². The Morgan fingerprint density at radius 1 is 1.24 bits per heavy atom. The molecule has 1 aliphatic rings. The molecule has 0 aromatic heterocycles. The normalized spacial score (nSPS) is 18.1. The van der Waals surface area contributed by atoms with E-state index in [1.807, 2.05) is 24.3 Å². The molecule has 1 amide bonds. The molecule has 2 aromatic rings. The number of nitrogens with zero attached hydrogens (tertiary/aromatic N) is 1. The summed E-state index contributed by atoms with van der Waals surface area (Å²) in [4.78, 5) is 12.4. The third kappa shape index (κ3) is 2.25. The van der Waals surface area contributed by atoms with E-state index in [1.165, 1.54) is 0 Å². The van der Waals surface area contributed by atoms with Crippen LogP contribution < -0.4 is 4.90 Å². The fraction of sp³-hybridized carbons (Fsp3) is 0.267. The van der Waals surface area contributed by atoms with Gasteiger partial charge in [0.15, 0.2) is 0 Å². The van der Waals surface area contributed by atoms with Gasteiger partial charge in [0.2, 0.25) is 0 Å². The predicted molar refractivity (Wildman–Crippen MR) is 75.8 cm³/mol. The zero-order chi connectivity index (χ0) is 15.2. The van der Waals surface area contributed by atoms with Crippen LogP contribution in [0.2, 0.25) is 0 Å². The van der Waals surface area contributed by atoms with Crippen LogP contribution >= 0.6 is 11.6 Å². The molecule has 0 bridgehead atoms. The fourth-order valence-corrected chi connectivity index (χ4v) is 3.08. The average molecular weight is 314 g/mol. The first-order valence-electron chi connectivity index (χ1n) is 6.39. The lowest BCUT2D eigenvalue weighted by atomic mass is 9.96. The van der Waals surface area contributed by atoms with Crippen molar-refractivity contribution in [2.24, 2.45) is 0 Å². The van der Waals surface area contributed by atoms with Crippen LogP contribution in [0.25, 0.3) is 10.8 Å². The Hall–Kier alpha value is -1.75. The number of fused-ring (bicyclic) bond motifs is 3. The van der Waals surface area contributed by atoms with Gasteiger partial charge in [-0.15, -0.1) is 11.6 Å². The molecule has 6 heteroatoms. The smallest absolute Gasteiger partial charge is 0.304 e. The Kier molecular flexibility index (Phi) is 3.32. The molecule has 0 fully saturated rings. The Balaban J connectivity index is 2.18. The molecular formula is C15H11ClF3NO. The number of hydrogen-bond donors (Lipinski definition) is 0. The SMILES string of the molecule is O=C(N1CC(CCl)c2c1ccc1ccccc21)C(F)(F)F. The zero-order valence-corrected chi connectivity index (χ0v) is 11.6. The van der Waals surface area contributed by atoms with E-state index in [9.17, 15) is 18.0 Å². The summed E-state index contributed by atoms with van der Waals surface area (Å²) in [6.45, 7) is -0.0365. The van der Waals surface area contributed by atoms with Crippen LogP contribution in [0.5, 0.6) is 0 Å².